The van der Waals surface area contributed by atoms with E-state index in [-0.39, 0.29) is 0 Å². The van der Waals surface area contributed by atoms with Crippen molar-refractivity contribution in [2.75, 3.05) is 30.9 Å². The van der Waals surface area contributed by atoms with Crippen LogP contribution in [0.3, 0.4) is 0 Å². The van der Waals surface area contributed by atoms with Gasteiger partial charge in [0.05, 0.1) is 34.8 Å². The molecule has 5 heteroatoms. The molecule has 0 aliphatic rings. The van der Waals surface area contributed by atoms with E-state index in [1.807, 2.05) is 0 Å². The van der Waals surface area contributed by atoms with E-state index in [4.69, 9.17) is 13.0 Å². The minimum atomic E-state index is -3.92. The Kier molecular flexibility index (Phi) is 28.3. The maximum Gasteiger partial charge on any atom is 0.0916 e. The number of hydrogen-bond acceptors (Lipinski definition) is 3. The van der Waals surface area contributed by atoms with E-state index in [0.29, 0.717) is 6.26 Å². The predicted molar refractivity (Wildman–Crippen MR) is 157 cm³/mol. The summed E-state index contributed by atoms with van der Waals surface area (Å²) in [6.45, 7) is 9.42. The summed E-state index contributed by atoms with van der Waals surface area (Å²) in [5, 5.41) is 0. The molecule has 0 radical (unpaired) electrons. The van der Waals surface area contributed by atoms with Gasteiger partial charge in [-0.15, -0.1) is 0 Å². The molecule has 0 aliphatic carbocycles. The topological polar surface area (TPSA) is 57.2 Å². The first-order valence-electron chi connectivity index (χ1n) is 15.0. The average molecular weight is 523 g/mol. The Bertz CT molecular complexity index is 445. The fourth-order valence-electron chi connectivity index (χ4n) is 4.85. The number of rotatable bonds is 24. The van der Waals surface area contributed by atoms with Gasteiger partial charge in [-0.05, 0) is 44.9 Å². The molecule has 0 bridgehead atoms. The lowest BCUT2D eigenvalue weighted by Gasteiger charge is -2.28. The fraction of sp³-hybridized carbons (Fsp3) is 1.00. The van der Waals surface area contributed by atoms with Crippen molar-refractivity contribution in [3.63, 3.8) is 0 Å². The Morgan fingerprint density at radius 1 is 0.441 bits per heavy atom. The molecule has 0 atom stereocenters. The van der Waals surface area contributed by atoms with Gasteiger partial charge in [0.2, 0.25) is 0 Å². The average Bonchev–Trinajstić information content (AvgIpc) is 2.78. The summed E-state index contributed by atoms with van der Waals surface area (Å²) in [6.07, 6.45) is 36.7. The highest BCUT2D eigenvalue weighted by molar-refractivity contribution is 7.84. The third kappa shape index (κ3) is 30.4. The lowest BCUT2D eigenvalue weighted by atomic mass is 10.1. The predicted octanol–water partition coefficient (Wildman–Crippen LogP) is 10.0. The van der Waals surface area contributed by atoms with Crippen LogP contribution in [0.25, 0.3) is 0 Å². The molecule has 0 fully saturated rings. The van der Waals surface area contributed by atoms with Crippen LogP contribution in [0.1, 0.15) is 156 Å². The molecule has 208 valence electrons. The van der Waals surface area contributed by atoms with E-state index in [2.05, 4.69) is 27.7 Å². The zero-order valence-electron chi connectivity index (χ0n) is 24.1. The molecule has 0 heterocycles. The van der Waals surface area contributed by atoms with Crippen molar-refractivity contribution in [1.82, 2.24) is 0 Å². The highest BCUT2D eigenvalue weighted by Gasteiger charge is 2.34. The zero-order valence-corrected chi connectivity index (χ0v) is 25.8. The first-order chi connectivity index (χ1) is 16.2. The van der Waals surface area contributed by atoms with Crippen LogP contribution < -0.4 is 0 Å². The summed E-state index contributed by atoms with van der Waals surface area (Å²) in [5.74, 6) is 0. The first-order valence-corrected chi connectivity index (χ1v) is 19.3. The Morgan fingerprint density at radius 3 is 0.912 bits per heavy atom. The molecular weight excluding hydrogens is 459 g/mol. The van der Waals surface area contributed by atoms with Gasteiger partial charge in [0.1, 0.15) is 0 Å². The minimum absolute atomic E-state index is 0.604. The lowest BCUT2D eigenvalue weighted by Crippen LogP contribution is -2.13. The minimum Gasteiger partial charge on any atom is -0.748 e. The van der Waals surface area contributed by atoms with E-state index in [1.54, 1.807) is 43.9 Å². The van der Waals surface area contributed by atoms with Crippen molar-refractivity contribution in [2.45, 2.75) is 156 Å². The highest BCUT2D eigenvalue weighted by atomic mass is 32.2. The van der Waals surface area contributed by atoms with Crippen LogP contribution in [0.4, 0.5) is 0 Å². The molecule has 0 spiro atoms. The monoisotopic (exact) mass is 522 g/mol. The van der Waals surface area contributed by atoms with Gasteiger partial charge in [0, 0.05) is 13.5 Å². The highest BCUT2D eigenvalue weighted by Crippen LogP contribution is 2.61. The SMILES string of the molecule is CCCCCCCC[P+](CCCC)(CCCCCCCC)CCCCCCCC.CS(=O)(=O)[O-]. The molecule has 34 heavy (non-hydrogen) atoms. The molecule has 0 aliphatic heterocycles. The van der Waals surface area contributed by atoms with Crippen LogP contribution in [-0.2, 0) is 10.1 Å². The van der Waals surface area contributed by atoms with Gasteiger partial charge in [-0.3, -0.25) is 0 Å². The Hall–Kier alpha value is 0.340. The molecule has 0 aromatic rings. The van der Waals surface area contributed by atoms with Gasteiger partial charge in [-0.2, -0.15) is 0 Å². The van der Waals surface area contributed by atoms with Crippen LogP contribution in [0.5, 0.6) is 0 Å². The van der Waals surface area contributed by atoms with Crippen molar-refractivity contribution in [3.8, 4) is 0 Å². The summed E-state index contributed by atoms with van der Waals surface area (Å²) in [7, 11) is -4.60. The number of unbranched alkanes of at least 4 members (excludes halogenated alkanes) is 16. The van der Waals surface area contributed by atoms with E-state index in [1.165, 1.54) is 109 Å². The van der Waals surface area contributed by atoms with Gasteiger partial charge >= 0.3 is 0 Å². The van der Waals surface area contributed by atoms with E-state index >= 15 is 0 Å². The molecule has 0 saturated carbocycles. The van der Waals surface area contributed by atoms with Crippen molar-refractivity contribution < 1.29 is 13.0 Å². The maximum absolute atomic E-state index is 9.08. The van der Waals surface area contributed by atoms with Crippen molar-refractivity contribution >= 4 is 17.4 Å². The van der Waals surface area contributed by atoms with Crippen LogP contribution in [0.2, 0.25) is 0 Å². The second-order valence-corrected chi connectivity index (χ2v) is 16.5. The Morgan fingerprint density at radius 2 is 0.647 bits per heavy atom. The molecule has 0 unspecified atom stereocenters. The Balaban J connectivity index is 0. The van der Waals surface area contributed by atoms with Gasteiger partial charge in [-0.25, -0.2) is 8.42 Å². The summed E-state index contributed by atoms with van der Waals surface area (Å²) < 4.78 is 27.2. The standard InChI is InChI=1S/C28H60P.CH4O3S/c1-5-9-13-16-19-22-26-29(25-12-8-4,27-23-20-17-14-10-6-2)28-24-21-18-15-11-7-3;1-5(2,3)4/h5-28H2,1-4H3;1H3,(H,2,3,4)/q+1;/p-1. The summed E-state index contributed by atoms with van der Waals surface area (Å²) in [4.78, 5) is 0. The van der Waals surface area contributed by atoms with Crippen LogP contribution in [0.15, 0.2) is 0 Å². The molecule has 0 saturated heterocycles. The van der Waals surface area contributed by atoms with Gasteiger partial charge in [0.15, 0.2) is 0 Å². The largest absolute Gasteiger partial charge is 0.748 e. The zero-order chi connectivity index (χ0) is 26.0. The van der Waals surface area contributed by atoms with Crippen LogP contribution >= 0.6 is 7.26 Å². The van der Waals surface area contributed by atoms with Gasteiger partial charge < -0.3 is 4.55 Å². The van der Waals surface area contributed by atoms with Crippen LogP contribution in [-0.4, -0.2) is 43.9 Å². The lowest BCUT2D eigenvalue weighted by molar-refractivity contribution is 0.470. The summed E-state index contributed by atoms with van der Waals surface area (Å²) in [6, 6.07) is 0. The van der Waals surface area contributed by atoms with E-state index in [9.17, 15) is 0 Å². The molecular formula is C29H63O3PS. The molecule has 0 amide bonds. The molecule has 0 N–H and O–H groups in total. The fourth-order valence-corrected chi connectivity index (χ4v) is 9.86. The van der Waals surface area contributed by atoms with Gasteiger partial charge in [-0.1, -0.05) is 111 Å². The smallest absolute Gasteiger partial charge is 0.0916 e. The Labute approximate surface area is 217 Å². The first kappa shape index (κ1) is 36.5. The third-order valence-corrected chi connectivity index (χ3v) is 12.0. The van der Waals surface area contributed by atoms with Crippen molar-refractivity contribution in [3.05, 3.63) is 0 Å². The molecule has 3 nitrogen and oxygen atoms in total. The maximum atomic E-state index is 9.08. The second-order valence-electron chi connectivity index (χ2n) is 10.6. The van der Waals surface area contributed by atoms with Crippen LogP contribution in [0, 0.1) is 0 Å². The van der Waals surface area contributed by atoms with Gasteiger partial charge in [0.25, 0.3) is 0 Å². The normalized spacial score (nSPS) is 11.9. The summed E-state index contributed by atoms with van der Waals surface area (Å²) in [5.41, 5.74) is 0. The quantitative estimate of drug-likeness (QED) is 0.0719. The second kappa shape index (κ2) is 26.4. The van der Waals surface area contributed by atoms with Crippen molar-refractivity contribution in [1.29, 1.82) is 0 Å². The van der Waals surface area contributed by atoms with E-state index in [0.717, 1.165) is 0 Å². The third-order valence-electron chi connectivity index (χ3n) is 6.94. The number of hydrogen-bond donors (Lipinski definition) is 0. The molecule has 0 rings (SSSR count). The molecule has 0 aromatic carbocycles. The molecule has 0 aromatic heterocycles. The van der Waals surface area contributed by atoms with Crippen molar-refractivity contribution in [2.24, 2.45) is 0 Å². The summed E-state index contributed by atoms with van der Waals surface area (Å²) >= 11 is 0. The van der Waals surface area contributed by atoms with E-state index < -0.39 is 17.4 Å².